The standard InChI is InChI=1S/C20H21N9O8S.C6H15N/c1-20(2)36-13-11(7-34-38(32,33)27-17(31)9-5-3-4-6-10(9)30)35-18(14(13)37-20)29-8-23-12-15(21)24-19(26-28-22)25-16(12)29;1-4-7(5-2)6-3/h3-6,8,11,13-14,18,30H,7H2,1-2H3,(H,27,31)(H2,21,24,25);4-6H2,1-3H3/t11-,13-,14-,18-;/m1./s1. The van der Waals surface area contributed by atoms with Crippen molar-refractivity contribution in [3.05, 3.63) is 46.6 Å². The number of amides is 1. The first-order chi connectivity index (χ1) is 21.3. The molecule has 3 aromatic rings. The summed E-state index contributed by atoms with van der Waals surface area (Å²) in [5, 5.41) is 13.2. The van der Waals surface area contributed by atoms with Crippen LogP contribution in [0.3, 0.4) is 0 Å². The number of rotatable bonds is 10. The number of nitrogen functional groups attached to an aromatic ring is 1. The molecule has 45 heavy (non-hydrogen) atoms. The van der Waals surface area contributed by atoms with Crippen molar-refractivity contribution in [2.24, 2.45) is 5.11 Å². The van der Waals surface area contributed by atoms with Gasteiger partial charge in [0.15, 0.2) is 23.5 Å². The number of azide groups is 1. The minimum Gasteiger partial charge on any atom is -0.507 e. The van der Waals surface area contributed by atoms with Crippen LogP contribution in [-0.2, 0) is 28.7 Å². The minimum atomic E-state index is -4.60. The van der Waals surface area contributed by atoms with Gasteiger partial charge in [0.1, 0.15) is 29.6 Å². The molecule has 2 aliphatic heterocycles. The number of nitrogens with zero attached hydrogens (tertiary/aromatic N) is 8. The quantitative estimate of drug-likeness (QED) is 0.163. The molecule has 1 amide bonds. The summed E-state index contributed by atoms with van der Waals surface area (Å²) in [6.07, 6.45) is -2.07. The van der Waals surface area contributed by atoms with E-state index in [4.69, 9.17) is 29.7 Å². The Morgan fingerprint density at radius 3 is 2.49 bits per heavy atom. The molecule has 4 atom stereocenters. The van der Waals surface area contributed by atoms with Crippen molar-refractivity contribution in [2.45, 2.75) is 64.9 Å². The Labute approximate surface area is 259 Å². The monoisotopic (exact) mass is 648 g/mol. The molecule has 2 saturated heterocycles. The number of para-hydroxylation sites is 1. The molecule has 0 radical (unpaired) electrons. The lowest BCUT2D eigenvalue weighted by Crippen LogP contribution is -2.37. The predicted molar refractivity (Wildman–Crippen MR) is 160 cm³/mol. The number of nitrogens with one attached hydrogen (secondary N) is 1. The van der Waals surface area contributed by atoms with E-state index in [2.05, 4.69) is 50.6 Å². The molecular weight excluding hydrogens is 612 g/mol. The molecule has 244 valence electrons. The molecule has 2 aliphatic rings. The molecule has 19 heteroatoms. The summed E-state index contributed by atoms with van der Waals surface area (Å²) in [5.74, 6) is -2.78. The van der Waals surface area contributed by atoms with E-state index in [0.29, 0.717) is 0 Å². The van der Waals surface area contributed by atoms with E-state index in [1.165, 1.54) is 54.8 Å². The summed E-state index contributed by atoms with van der Waals surface area (Å²) in [7, 11) is -4.60. The van der Waals surface area contributed by atoms with Crippen molar-refractivity contribution in [2.75, 3.05) is 32.0 Å². The Kier molecular flexibility index (Phi) is 10.4. The van der Waals surface area contributed by atoms with E-state index in [1.807, 2.05) is 0 Å². The molecular formula is C26H36N10O8S. The smallest absolute Gasteiger partial charge is 0.362 e. The Morgan fingerprint density at radius 2 is 1.87 bits per heavy atom. The third kappa shape index (κ3) is 7.77. The highest BCUT2D eigenvalue weighted by Crippen LogP contribution is 2.44. The van der Waals surface area contributed by atoms with E-state index in [1.54, 1.807) is 18.6 Å². The SMILES string of the molecule is CC1(C)O[C@@H]2[C@H](O1)[C@@H](COS(=O)(=O)NC(=O)c1ccccc1O)O[C@H]2n1cnc2c(N)nc(N=[N+]=[N-])nc21.CCN(CC)CC. The average molecular weight is 649 g/mol. The molecule has 0 saturated carbocycles. The van der Waals surface area contributed by atoms with Crippen molar-refractivity contribution in [1.82, 2.24) is 29.1 Å². The third-order valence-corrected chi connectivity index (χ3v) is 7.95. The zero-order chi connectivity index (χ0) is 32.9. The molecule has 2 fully saturated rings. The summed E-state index contributed by atoms with van der Waals surface area (Å²) in [5.41, 5.74) is 14.8. The normalized spacial score (nSPS) is 22.0. The van der Waals surface area contributed by atoms with Gasteiger partial charge in [-0.3, -0.25) is 13.5 Å². The molecule has 2 aromatic heterocycles. The molecule has 0 bridgehead atoms. The summed E-state index contributed by atoms with van der Waals surface area (Å²) in [6.45, 7) is 12.9. The number of carbonyl (C=O) groups excluding carboxylic acids is 1. The van der Waals surface area contributed by atoms with Gasteiger partial charge < -0.3 is 30.0 Å². The van der Waals surface area contributed by atoms with Gasteiger partial charge in [0.2, 0.25) is 5.95 Å². The van der Waals surface area contributed by atoms with Crippen LogP contribution in [-0.4, -0.2) is 94.2 Å². The van der Waals surface area contributed by atoms with Crippen molar-refractivity contribution < 1.29 is 36.7 Å². The van der Waals surface area contributed by atoms with E-state index in [0.717, 1.165) is 0 Å². The molecule has 4 heterocycles. The van der Waals surface area contributed by atoms with Gasteiger partial charge in [-0.25, -0.2) is 19.7 Å². The zero-order valence-corrected chi connectivity index (χ0v) is 26.2. The fourth-order valence-electron chi connectivity index (χ4n) is 4.91. The fraction of sp³-hybridized carbons (Fsp3) is 0.538. The minimum absolute atomic E-state index is 0.0270. The number of anilines is 1. The molecule has 4 N–H and O–H groups in total. The van der Waals surface area contributed by atoms with Crippen LogP contribution >= 0.6 is 0 Å². The highest BCUT2D eigenvalue weighted by molar-refractivity contribution is 7.85. The maximum Gasteiger partial charge on any atom is 0.362 e. The third-order valence-electron chi connectivity index (χ3n) is 7.07. The van der Waals surface area contributed by atoms with Gasteiger partial charge >= 0.3 is 10.3 Å². The number of phenols is 1. The summed E-state index contributed by atoms with van der Waals surface area (Å²) < 4.78 is 51.2. The second-order valence-corrected chi connectivity index (χ2v) is 11.7. The largest absolute Gasteiger partial charge is 0.507 e. The summed E-state index contributed by atoms with van der Waals surface area (Å²) in [4.78, 5) is 29.6. The molecule has 0 unspecified atom stereocenters. The molecule has 1 aromatic carbocycles. The van der Waals surface area contributed by atoms with Gasteiger partial charge in [0, 0.05) is 4.91 Å². The molecule has 5 rings (SSSR count). The lowest BCUT2D eigenvalue weighted by molar-refractivity contribution is -0.198. The Bertz CT molecular complexity index is 1670. The number of hydrogen-bond donors (Lipinski definition) is 3. The second-order valence-electron chi connectivity index (χ2n) is 10.4. The topological polar surface area (TPSA) is 242 Å². The van der Waals surface area contributed by atoms with Crippen molar-refractivity contribution >= 4 is 39.1 Å². The molecule has 18 nitrogen and oxygen atoms in total. The average Bonchev–Trinajstić information content (AvgIpc) is 3.64. The van der Waals surface area contributed by atoms with Crippen LogP contribution in [0.4, 0.5) is 11.8 Å². The lowest BCUT2D eigenvalue weighted by Gasteiger charge is -2.24. The number of hydrogen-bond acceptors (Lipinski definition) is 14. The summed E-state index contributed by atoms with van der Waals surface area (Å²) in [6, 6.07) is 5.43. The first kappa shape index (κ1) is 33.8. The number of aromatic nitrogens is 4. The van der Waals surface area contributed by atoms with Gasteiger partial charge in [-0.2, -0.15) is 8.42 Å². The van der Waals surface area contributed by atoms with E-state index in [9.17, 15) is 18.3 Å². The van der Waals surface area contributed by atoms with Crippen molar-refractivity contribution in [3.63, 3.8) is 0 Å². The number of aromatic hydroxyl groups is 1. The van der Waals surface area contributed by atoms with Gasteiger partial charge in [-0.15, -0.1) is 0 Å². The maximum atomic E-state index is 12.5. The summed E-state index contributed by atoms with van der Waals surface area (Å²) >= 11 is 0. The molecule has 0 aliphatic carbocycles. The van der Waals surface area contributed by atoms with Crippen LogP contribution in [0.5, 0.6) is 5.75 Å². The zero-order valence-electron chi connectivity index (χ0n) is 25.4. The van der Waals surface area contributed by atoms with E-state index >= 15 is 0 Å². The van der Waals surface area contributed by atoms with Crippen LogP contribution in [0.25, 0.3) is 21.6 Å². The van der Waals surface area contributed by atoms with Crippen molar-refractivity contribution in [1.29, 1.82) is 0 Å². The van der Waals surface area contributed by atoms with E-state index in [-0.39, 0.29) is 28.5 Å². The van der Waals surface area contributed by atoms with Gasteiger partial charge in [-0.05, 0) is 56.3 Å². The van der Waals surface area contributed by atoms with Gasteiger partial charge in [0.25, 0.3) is 5.91 Å². The highest BCUT2D eigenvalue weighted by Gasteiger charge is 2.56. The second kappa shape index (κ2) is 13.9. The molecule has 0 spiro atoms. The predicted octanol–water partition coefficient (Wildman–Crippen LogP) is 2.51. The Hall–Kier alpha value is -4.10. The van der Waals surface area contributed by atoms with Crippen LogP contribution in [0.15, 0.2) is 35.7 Å². The number of imidazole rings is 1. The first-order valence-electron chi connectivity index (χ1n) is 14.1. The van der Waals surface area contributed by atoms with E-state index < -0.39 is 58.9 Å². The Morgan fingerprint density at radius 1 is 1.20 bits per heavy atom. The van der Waals surface area contributed by atoms with Crippen molar-refractivity contribution in [3.8, 4) is 5.75 Å². The number of benzene rings is 1. The van der Waals surface area contributed by atoms with Crippen LogP contribution < -0.4 is 10.5 Å². The van der Waals surface area contributed by atoms with Crippen LogP contribution in [0, 0.1) is 0 Å². The Balaban J connectivity index is 0.000000591. The van der Waals surface area contributed by atoms with Crippen LogP contribution in [0.2, 0.25) is 0 Å². The van der Waals surface area contributed by atoms with Gasteiger partial charge in [-0.1, -0.05) is 32.9 Å². The maximum absolute atomic E-state index is 12.5. The lowest BCUT2D eigenvalue weighted by atomic mass is 10.1. The number of nitrogens with two attached hydrogens (primary N) is 1. The number of phenolic OH excluding ortho intramolecular Hbond substituents is 1. The van der Waals surface area contributed by atoms with Gasteiger partial charge in [0.05, 0.1) is 18.5 Å². The first-order valence-corrected chi connectivity index (χ1v) is 15.5. The highest BCUT2D eigenvalue weighted by atomic mass is 32.2. The number of ether oxygens (including phenoxy) is 3. The number of fused-ring (bicyclic) bond motifs is 2. The van der Waals surface area contributed by atoms with Crippen LogP contribution in [0.1, 0.15) is 51.2 Å². The number of carbonyl (C=O) groups is 1. The fourth-order valence-corrected chi connectivity index (χ4v) is 5.61.